The summed E-state index contributed by atoms with van der Waals surface area (Å²) in [6.07, 6.45) is 3.04. The van der Waals surface area contributed by atoms with Gasteiger partial charge in [-0.05, 0) is 11.6 Å². The summed E-state index contributed by atoms with van der Waals surface area (Å²) in [6.45, 7) is 8.03. The summed E-state index contributed by atoms with van der Waals surface area (Å²) in [5.41, 5.74) is 0.476. The Morgan fingerprint density at radius 2 is 2.00 bits per heavy atom. The maximum Gasteiger partial charge on any atom is 0.146 e. The standard InChI is InChI=1S/C16H19F2N3O2S.C2H6/c1-11(24-13-6-22-10-23-7-13)15(5-21-9-19-8-20-21)14-3-2-12(17)4-16(14)18;1-2/h2-4,8-9,11,13,15H,5-7,10H2,1H3;1-2H3. The van der Waals surface area contributed by atoms with E-state index in [0.29, 0.717) is 32.1 Å². The van der Waals surface area contributed by atoms with Gasteiger partial charge < -0.3 is 9.47 Å². The van der Waals surface area contributed by atoms with Crippen molar-refractivity contribution in [3.63, 3.8) is 0 Å². The van der Waals surface area contributed by atoms with Gasteiger partial charge in [-0.2, -0.15) is 5.10 Å². The van der Waals surface area contributed by atoms with Crippen molar-refractivity contribution in [2.75, 3.05) is 20.0 Å². The predicted molar refractivity (Wildman–Crippen MR) is 98.1 cm³/mol. The highest BCUT2D eigenvalue weighted by Crippen LogP contribution is 2.34. The summed E-state index contributed by atoms with van der Waals surface area (Å²) in [5.74, 6) is -1.30. The number of halogens is 2. The summed E-state index contributed by atoms with van der Waals surface area (Å²) < 4.78 is 39.9. The van der Waals surface area contributed by atoms with Crippen molar-refractivity contribution in [3.05, 3.63) is 48.1 Å². The number of rotatable bonds is 6. The van der Waals surface area contributed by atoms with Crippen LogP contribution in [0.25, 0.3) is 0 Å². The van der Waals surface area contributed by atoms with E-state index in [1.807, 2.05) is 20.8 Å². The van der Waals surface area contributed by atoms with Gasteiger partial charge in [0.25, 0.3) is 0 Å². The molecule has 0 radical (unpaired) electrons. The van der Waals surface area contributed by atoms with Crippen molar-refractivity contribution in [1.29, 1.82) is 0 Å². The van der Waals surface area contributed by atoms with Crippen LogP contribution in [0, 0.1) is 11.6 Å². The van der Waals surface area contributed by atoms with Gasteiger partial charge in [0.1, 0.15) is 31.1 Å². The van der Waals surface area contributed by atoms with E-state index in [9.17, 15) is 8.78 Å². The molecule has 1 fully saturated rings. The summed E-state index contributed by atoms with van der Waals surface area (Å²) in [6, 6.07) is 3.72. The summed E-state index contributed by atoms with van der Waals surface area (Å²) in [5, 5.41) is 4.36. The molecule has 1 aromatic carbocycles. The Morgan fingerprint density at radius 1 is 1.27 bits per heavy atom. The van der Waals surface area contributed by atoms with E-state index in [2.05, 4.69) is 10.1 Å². The highest BCUT2D eigenvalue weighted by atomic mass is 32.2. The SMILES string of the molecule is CC.CC(SC1COCOC1)C(Cn1cncn1)c1ccc(F)cc1F. The molecule has 3 rings (SSSR count). The van der Waals surface area contributed by atoms with E-state index in [1.54, 1.807) is 22.8 Å². The van der Waals surface area contributed by atoms with Crippen LogP contribution in [0.3, 0.4) is 0 Å². The molecule has 2 unspecified atom stereocenters. The van der Waals surface area contributed by atoms with Crippen molar-refractivity contribution >= 4 is 11.8 Å². The molecule has 1 aromatic heterocycles. The van der Waals surface area contributed by atoms with Crippen LogP contribution >= 0.6 is 11.8 Å². The molecule has 2 aromatic rings. The van der Waals surface area contributed by atoms with Crippen LogP contribution in [-0.4, -0.2) is 45.3 Å². The van der Waals surface area contributed by atoms with Crippen LogP contribution in [0.5, 0.6) is 0 Å². The Hall–Kier alpha value is -1.51. The van der Waals surface area contributed by atoms with Crippen LogP contribution in [0.4, 0.5) is 8.78 Å². The van der Waals surface area contributed by atoms with E-state index >= 15 is 0 Å². The Kier molecular flexibility index (Phi) is 8.47. The van der Waals surface area contributed by atoms with Crippen molar-refractivity contribution in [2.24, 2.45) is 0 Å². The monoisotopic (exact) mass is 385 g/mol. The molecule has 2 atom stereocenters. The van der Waals surface area contributed by atoms with Gasteiger partial charge in [-0.25, -0.2) is 13.8 Å². The fourth-order valence-corrected chi connectivity index (χ4v) is 4.15. The van der Waals surface area contributed by atoms with E-state index in [-0.39, 0.29) is 16.4 Å². The number of thioether (sulfide) groups is 1. The quantitative estimate of drug-likeness (QED) is 0.756. The highest BCUT2D eigenvalue weighted by Gasteiger charge is 2.27. The molecule has 1 aliphatic rings. The average Bonchev–Trinajstić information content (AvgIpc) is 3.16. The van der Waals surface area contributed by atoms with Crippen LogP contribution < -0.4 is 0 Å². The number of ether oxygens (including phenoxy) is 2. The third-order valence-corrected chi connectivity index (χ3v) is 5.38. The fourth-order valence-electron chi connectivity index (χ4n) is 2.77. The predicted octanol–water partition coefficient (Wildman–Crippen LogP) is 3.86. The zero-order chi connectivity index (χ0) is 18.9. The second-order valence-corrected chi connectivity index (χ2v) is 7.39. The lowest BCUT2D eigenvalue weighted by Crippen LogP contribution is -2.30. The molecule has 26 heavy (non-hydrogen) atoms. The van der Waals surface area contributed by atoms with Gasteiger partial charge in [0.05, 0.1) is 25.0 Å². The average molecular weight is 385 g/mol. The maximum absolute atomic E-state index is 14.3. The van der Waals surface area contributed by atoms with Gasteiger partial charge in [0.2, 0.25) is 0 Å². The Balaban J connectivity index is 0.00000117. The number of benzene rings is 1. The lowest BCUT2D eigenvalue weighted by molar-refractivity contribution is -0.0926. The van der Waals surface area contributed by atoms with E-state index < -0.39 is 11.6 Å². The van der Waals surface area contributed by atoms with Crippen molar-refractivity contribution in [1.82, 2.24) is 14.8 Å². The molecule has 8 heteroatoms. The number of nitrogens with zero attached hydrogens (tertiary/aromatic N) is 3. The molecule has 0 saturated carbocycles. The molecule has 0 N–H and O–H groups in total. The molecule has 0 bridgehead atoms. The fraction of sp³-hybridized carbons (Fsp3) is 0.556. The normalized spacial score (nSPS) is 17.3. The molecule has 0 aliphatic carbocycles. The molecule has 144 valence electrons. The van der Waals surface area contributed by atoms with Crippen LogP contribution in [0.2, 0.25) is 0 Å². The van der Waals surface area contributed by atoms with Crippen LogP contribution in [-0.2, 0) is 16.0 Å². The first kappa shape index (κ1) is 20.8. The zero-order valence-corrected chi connectivity index (χ0v) is 16.1. The molecule has 2 heterocycles. The lowest BCUT2D eigenvalue weighted by atomic mass is 9.95. The summed E-state index contributed by atoms with van der Waals surface area (Å²) in [7, 11) is 0. The van der Waals surface area contributed by atoms with Gasteiger partial charge in [-0.1, -0.05) is 26.8 Å². The zero-order valence-electron chi connectivity index (χ0n) is 15.3. The van der Waals surface area contributed by atoms with Crippen molar-refractivity contribution in [2.45, 2.75) is 43.7 Å². The molecular weight excluding hydrogens is 360 g/mol. The minimum atomic E-state index is -0.579. The van der Waals surface area contributed by atoms with Gasteiger partial charge in [0.15, 0.2) is 0 Å². The van der Waals surface area contributed by atoms with Gasteiger partial charge >= 0.3 is 0 Å². The van der Waals surface area contributed by atoms with Crippen LogP contribution in [0.15, 0.2) is 30.9 Å². The first-order chi connectivity index (χ1) is 12.6. The van der Waals surface area contributed by atoms with E-state index in [1.165, 1.54) is 18.5 Å². The molecule has 1 aliphatic heterocycles. The third kappa shape index (κ3) is 5.75. The summed E-state index contributed by atoms with van der Waals surface area (Å²) >= 11 is 1.69. The van der Waals surface area contributed by atoms with Gasteiger partial charge in [-0.15, -0.1) is 11.8 Å². The van der Waals surface area contributed by atoms with Crippen molar-refractivity contribution < 1.29 is 18.3 Å². The minimum Gasteiger partial charge on any atom is -0.354 e. The topological polar surface area (TPSA) is 49.2 Å². The minimum absolute atomic E-state index is 0.0597. The maximum atomic E-state index is 14.3. The lowest BCUT2D eigenvalue weighted by Gasteiger charge is -2.29. The second kappa shape index (κ2) is 10.6. The number of hydrogen-bond donors (Lipinski definition) is 0. The number of hydrogen-bond acceptors (Lipinski definition) is 5. The van der Waals surface area contributed by atoms with Crippen molar-refractivity contribution in [3.8, 4) is 0 Å². The Labute approximate surface area is 157 Å². The van der Waals surface area contributed by atoms with E-state index in [0.717, 1.165) is 6.07 Å². The van der Waals surface area contributed by atoms with Crippen LogP contribution in [0.1, 0.15) is 32.3 Å². The van der Waals surface area contributed by atoms with Gasteiger partial charge in [0, 0.05) is 17.2 Å². The molecule has 5 nitrogen and oxygen atoms in total. The van der Waals surface area contributed by atoms with Gasteiger partial charge in [-0.3, -0.25) is 4.68 Å². The Bertz CT molecular complexity index is 652. The molecule has 0 spiro atoms. The Morgan fingerprint density at radius 3 is 2.62 bits per heavy atom. The highest BCUT2D eigenvalue weighted by molar-refractivity contribution is 8.00. The largest absolute Gasteiger partial charge is 0.354 e. The molecule has 0 amide bonds. The first-order valence-electron chi connectivity index (χ1n) is 8.72. The number of aromatic nitrogens is 3. The second-order valence-electron chi connectivity index (χ2n) is 5.71. The molecular formula is C18H25F2N3O2S. The smallest absolute Gasteiger partial charge is 0.146 e. The third-order valence-electron chi connectivity index (χ3n) is 3.96. The van der Waals surface area contributed by atoms with E-state index in [4.69, 9.17) is 9.47 Å². The first-order valence-corrected chi connectivity index (χ1v) is 9.66. The summed E-state index contributed by atoms with van der Waals surface area (Å²) in [4.78, 5) is 3.93. The molecule has 1 saturated heterocycles.